The van der Waals surface area contributed by atoms with E-state index in [0.29, 0.717) is 16.8 Å². The number of guanidine groups is 1. The number of aromatic amines is 2. The van der Waals surface area contributed by atoms with Gasteiger partial charge in [-0.1, -0.05) is 70.1 Å². The average molecular weight is 945 g/mol. The van der Waals surface area contributed by atoms with Gasteiger partial charge in [0.25, 0.3) is 5.91 Å². The lowest BCUT2D eigenvalue weighted by molar-refractivity contribution is -0.137. The SMILES string of the molecule is C[C@@H]1C(=O)N[C@@H](Cc2cnc[nH]2)C(=O)N[C@H](Cc2ccccc2)C(=O)N[C@@H](CCCNC(=N)N)C(=O)N[C@@H](Cc2c[nH]c3ccccc23)C(=O)N[C@H](C(N)=O)CSSC[C@@H]2NC(=O)N1C2=O. The Kier molecular flexibility index (Phi) is 16.6. The first-order valence-electron chi connectivity index (χ1n) is 21.0. The molecule has 2 aromatic heterocycles. The molecular weight excluding hydrogens is 893 g/mol. The second-order valence-corrected chi connectivity index (χ2v) is 18.2. The monoisotopic (exact) mass is 944 g/mol. The van der Waals surface area contributed by atoms with Crippen LogP contribution in [-0.4, -0.2) is 134 Å². The second-order valence-electron chi connectivity index (χ2n) is 15.7. The van der Waals surface area contributed by atoms with Gasteiger partial charge in [0, 0.05) is 66.3 Å². The van der Waals surface area contributed by atoms with E-state index in [1.54, 1.807) is 36.5 Å². The van der Waals surface area contributed by atoms with Crippen LogP contribution in [0.25, 0.3) is 10.9 Å². The Labute approximate surface area is 386 Å². The predicted octanol–water partition coefficient (Wildman–Crippen LogP) is -1.20. The van der Waals surface area contributed by atoms with Crippen LogP contribution in [0.3, 0.4) is 0 Å². The van der Waals surface area contributed by atoms with Crippen molar-refractivity contribution >= 4 is 85.8 Å². The average Bonchev–Trinajstić information content (AvgIpc) is 4.03. The number of amides is 9. The third kappa shape index (κ3) is 12.8. The van der Waals surface area contributed by atoms with Crippen molar-refractivity contribution in [1.82, 2.24) is 57.1 Å². The maximum atomic E-state index is 14.5. The molecule has 2 saturated heterocycles. The zero-order chi connectivity index (χ0) is 47.3. The van der Waals surface area contributed by atoms with Crippen molar-refractivity contribution in [1.29, 1.82) is 5.41 Å². The van der Waals surface area contributed by atoms with Crippen molar-refractivity contribution < 1.29 is 38.4 Å². The van der Waals surface area contributed by atoms with E-state index in [2.05, 4.69) is 52.2 Å². The van der Waals surface area contributed by atoms with Gasteiger partial charge in [-0.25, -0.2) is 9.78 Å². The number of nitrogens with two attached hydrogens (primary N) is 2. The predicted molar refractivity (Wildman–Crippen MR) is 246 cm³/mol. The van der Waals surface area contributed by atoms with Crippen LogP contribution >= 0.6 is 21.6 Å². The zero-order valence-corrected chi connectivity index (χ0v) is 37.4. The minimum Gasteiger partial charge on any atom is -0.370 e. The Morgan fingerprint density at radius 2 is 1.38 bits per heavy atom. The van der Waals surface area contributed by atoms with E-state index in [0.717, 1.165) is 37.4 Å². The van der Waals surface area contributed by atoms with Gasteiger partial charge in [-0.2, -0.15) is 0 Å². The highest BCUT2D eigenvalue weighted by Gasteiger charge is 2.44. The van der Waals surface area contributed by atoms with Crippen LogP contribution in [0, 0.1) is 5.41 Å². The number of hydrogen-bond acceptors (Lipinski definition) is 12. The molecule has 4 aromatic rings. The number of primary amides is 1. The molecule has 6 rings (SSSR count). The summed E-state index contributed by atoms with van der Waals surface area (Å²) in [4.78, 5) is 122. The fourth-order valence-corrected chi connectivity index (χ4v) is 9.70. The van der Waals surface area contributed by atoms with E-state index in [4.69, 9.17) is 16.9 Å². The van der Waals surface area contributed by atoms with Gasteiger partial charge in [-0.3, -0.25) is 43.9 Å². The molecule has 2 aliphatic rings. The molecule has 2 aliphatic heterocycles. The van der Waals surface area contributed by atoms with E-state index < -0.39 is 89.7 Å². The van der Waals surface area contributed by atoms with Crippen molar-refractivity contribution in [3.63, 3.8) is 0 Å². The summed E-state index contributed by atoms with van der Waals surface area (Å²) in [6.07, 6.45) is 4.44. The van der Waals surface area contributed by atoms with Gasteiger partial charge in [0.2, 0.25) is 35.4 Å². The molecule has 22 nitrogen and oxygen atoms in total. The number of benzene rings is 2. The maximum Gasteiger partial charge on any atom is 0.325 e. The Morgan fingerprint density at radius 1 is 0.758 bits per heavy atom. The number of urea groups is 1. The lowest BCUT2D eigenvalue weighted by Crippen LogP contribution is -2.60. The van der Waals surface area contributed by atoms with Crippen molar-refractivity contribution in [2.24, 2.45) is 11.5 Å². The van der Waals surface area contributed by atoms with Crippen molar-refractivity contribution in [2.75, 3.05) is 18.1 Å². The number of imide groups is 1. The molecule has 0 aliphatic carbocycles. The molecule has 4 heterocycles. The summed E-state index contributed by atoms with van der Waals surface area (Å²) in [6.45, 7) is 1.48. The molecule has 9 amide bonds. The lowest BCUT2D eigenvalue weighted by atomic mass is 10.0. The summed E-state index contributed by atoms with van der Waals surface area (Å²) in [5.41, 5.74) is 13.7. The molecule has 2 aromatic carbocycles. The smallest absolute Gasteiger partial charge is 0.325 e. The topological polar surface area (TPSA) is 344 Å². The van der Waals surface area contributed by atoms with Crippen LogP contribution in [0.4, 0.5) is 4.79 Å². The summed E-state index contributed by atoms with van der Waals surface area (Å²) < 4.78 is 0. The van der Waals surface area contributed by atoms with Crippen molar-refractivity contribution in [3.8, 4) is 0 Å². The molecule has 350 valence electrons. The Balaban J connectivity index is 1.36. The molecule has 0 saturated carbocycles. The number of para-hydroxylation sites is 1. The van der Waals surface area contributed by atoms with Gasteiger partial charge < -0.3 is 58.7 Å². The van der Waals surface area contributed by atoms with E-state index >= 15 is 0 Å². The van der Waals surface area contributed by atoms with E-state index in [1.165, 1.54) is 19.4 Å². The molecule has 66 heavy (non-hydrogen) atoms. The van der Waals surface area contributed by atoms with Crippen molar-refractivity contribution in [3.05, 3.63) is 90.1 Å². The van der Waals surface area contributed by atoms with Gasteiger partial charge in [-0.15, -0.1) is 0 Å². The number of imidazole rings is 1. The molecule has 2 fully saturated rings. The van der Waals surface area contributed by atoms with Crippen molar-refractivity contribution in [2.45, 2.75) is 81.3 Å². The van der Waals surface area contributed by atoms with Gasteiger partial charge in [0.15, 0.2) is 5.96 Å². The zero-order valence-electron chi connectivity index (χ0n) is 35.8. The lowest BCUT2D eigenvalue weighted by Gasteiger charge is -2.28. The number of carbonyl (C=O) groups is 8. The first kappa shape index (κ1) is 48.4. The molecule has 24 heteroatoms. The van der Waals surface area contributed by atoms with Crippen LogP contribution in [-0.2, 0) is 52.8 Å². The summed E-state index contributed by atoms with van der Waals surface area (Å²) in [6, 6.07) is 6.18. The highest BCUT2D eigenvalue weighted by Crippen LogP contribution is 2.26. The van der Waals surface area contributed by atoms with Crippen LogP contribution in [0.5, 0.6) is 0 Å². The number of nitrogens with zero attached hydrogens (tertiary/aromatic N) is 2. The molecule has 0 spiro atoms. The Bertz CT molecular complexity index is 2420. The third-order valence-electron chi connectivity index (χ3n) is 10.9. The molecule has 0 radical (unpaired) electrons. The maximum absolute atomic E-state index is 14.5. The standard InChI is InChI=1S/C42H52N14O8S2/c1-22-35(58)51-31(16-25-18-46-21-49-25)39(62)52-29(14-23-8-3-2-4-9-23)37(60)50-28(12-7-13-47-41(44)45)36(59)53-30(15-24-17-48-27-11-6-5-10-26(24)27)38(61)54-32(34(43)57)19-65-66-20-33-40(63)56(22)42(64)55-33/h2-6,8-11,17-18,21-22,28-33,48H,7,12-16,19-20H2,1H3,(H2,43,57)(H,46,49)(H,50,60)(H,51,58)(H,52,62)(H,53,59)(H,54,61)(H,55,64)(H4,44,45,47)/t22-,28+,29-,30+,31+,32+,33+/m1/s1. The van der Waals surface area contributed by atoms with E-state index in [-0.39, 0.29) is 56.1 Å². The van der Waals surface area contributed by atoms with Crippen LogP contribution < -0.4 is 48.7 Å². The number of carbonyl (C=O) groups excluding carboxylic acids is 8. The van der Waals surface area contributed by atoms with E-state index in [1.807, 2.05) is 24.3 Å². The van der Waals surface area contributed by atoms with E-state index in [9.17, 15) is 38.4 Å². The van der Waals surface area contributed by atoms with Crippen LogP contribution in [0.15, 0.2) is 73.3 Å². The number of nitrogens with one attached hydrogen (secondary N) is 10. The minimum absolute atomic E-state index is 0.0107. The minimum atomic E-state index is -1.38. The normalized spacial score (nSPS) is 24.0. The van der Waals surface area contributed by atoms with Gasteiger partial charge >= 0.3 is 6.03 Å². The van der Waals surface area contributed by atoms with Crippen LogP contribution in [0.2, 0.25) is 0 Å². The van der Waals surface area contributed by atoms with Gasteiger partial charge in [0.05, 0.1) is 6.33 Å². The largest absolute Gasteiger partial charge is 0.370 e. The molecule has 7 atom stereocenters. The Morgan fingerprint density at radius 3 is 2.08 bits per heavy atom. The summed E-state index contributed by atoms with van der Waals surface area (Å²) in [7, 11) is 2.21. The third-order valence-corrected chi connectivity index (χ3v) is 13.3. The fraction of sp³-hybridized carbons (Fsp3) is 0.381. The number of aromatic nitrogens is 3. The van der Waals surface area contributed by atoms with Gasteiger partial charge in [-0.05, 0) is 37.0 Å². The second kappa shape index (κ2) is 22.7. The first-order valence-corrected chi connectivity index (χ1v) is 23.5. The fourth-order valence-electron chi connectivity index (χ4n) is 7.37. The number of rotatable bonds is 11. The molecule has 2 bridgehead atoms. The first-order chi connectivity index (χ1) is 31.7. The van der Waals surface area contributed by atoms with Gasteiger partial charge in [0.1, 0.15) is 42.3 Å². The highest BCUT2D eigenvalue weighted by molar-refractivity contribution is 8.76. The highest BCUT2D eigenvalue weighted by atomic mass is 33.1. The number of hydrogen-bond donors (Lipinski definition) is 12. The number of H-pyrrole nitrogens is 2. The molecule has 0 unspecified atom stereocenters. The molecular formula is C42H52N14O8S2. The Hall–Kier alpha value is -7.08. The number of fused-ring (bicyclic) bond motifs is 3. The molecule has 14 N–H and O–H groups in total. The summed E-state index contributed by atoms with van der Waals surface area (Å²) >= 11 is 0. The van der Waals surface area contributed by atoms with Crippen LogP contribution in [0.1, 0.15) is 36.6 Å². The summed E-state index contributed by atoms with van der Waals surface area (Å²) in [5, 5.41) is 27.1. The quantitative estimate of drug-likeness (QED) is 0.0277. The summed E-state index contributed by atoms with van der Waals surface area (Å²) in [5.74, 6) is -5.94.